The monoisotopic (exact) mass is 777 g/mol. The number of hydrogen-bond acceptors (Lipinski definition) is 6. The Morgan fingerprint density at radius 1 is 0.868 bits per heavy atom. The van der Waals surface area contributed by atoms with Crippen LogP contribution in [0.25, 0.3) is 10.9 Å². The number of urea groups is 1. The number of likely N-dealkylation sites (N-methyl/N-ethyl adjacent to an activating group) is 1. The fourth-order valence-corrected chi connectivity index (χ4v) is 5.17. The summed E-state index contributed by atoms with van der Waals surface area (Å²) in [6.45, 7) is 1.48. The SMILES string of the molecule is Cc1ccc2cccc(OCc3c(Cl)ccc(N(C)C(=O)CNC(=O)Nc4ccc(C(F)(F)F)cc4)c3Cl)c2n1.O=C=Nc1ccc(C(F)(F)F)cc1. The van der Waals surface area contributed by atoms with Crippen LogP contribution in [0, 0.1) is 6.92 Å². The molecular weight excluding hydrogens is 751 g/mol. The van der Waals surface area contributed by atoms with Crippen molar-refractivity contribution < 1.29 is 45.5 Å². The summed E-state index contributed by atoms with van der Waals surface area (Å²) in [5.41, 5.74) is 1.00. The zero-order valence-electron chi connectivity index (χ0n) is 27.6. The zero-order chi connectivity index (χ0) is 38.9. The first-order chi connectivity index (χ1) is 25.0. The second-order valence-corrected chi connectivity index (χ2v) is 11.8. The number of isocyanates is 1. The first-order valence-electron chi connectivity index (χ1n) is 15.2. The van der Waals surface area contributed by atoms with Crippen LogP contribution in [0.3, 0.4) is 0 Å². The highest BCUT2D eigenvalue weighted by Gasteiger charge is 2.30. The predicted molar refractivity (Wildman–Crippen MR) is 188 cm³/mol. The number of alkyl halides is 6. The average molecular weight is 779 g/mol. The number of carbonyl (C=O) groups excluding carboxylic acids is 3. The van der Waals surface area contributed by atoms with Crippen molar-refractivity contribution in [1.82, 2.24) is 10.3 Å². The molecule has 4 aromatic carbocycles. The first kappa shape index (κ1) is 40.1. The van der Waals surface area contributed by atoms with E-state index < -0.39 is 42.0 Å². The lowest BCUT2D eigenvalue weighted by Gasteiger charge is -2.21. The van der Waals surface area contributed by atoms with Crippen molar-refractivity contribution in [2.45, 2.75) is 25.9 Å². The Labute approximate surface area is 308 Å². The van der Waals surface area contributed by atoms with Gasteiger partial charge in [-0.3, -0.25) is 4.79 Å². The van der Waals surface area contributed by atoms with Crippen LogP contribution in [0.5, 0.6) is 5.75 Å². The van der Waals surface area contributed by atoms with Crippen LogP contribution < -0.4 is 20.3 Å². The molecule has 0 saturated carbocycles. The Morgan fingerprint density at radius 2 is 1.49 bits per heavy atom. The number of nitrogens with one attached hydrogen (secondary N) is 2. The summed E-state index contributed by atoms with van der Waals surface area (Å²) >= 11 is 13.0. The van der Waals surface area contributed by atoms with Crippen LogP contribution in [0.4, 0.5) is 48.2 Å². The second-order valence-electron chi connectivity index (χ2n) is 11.0. The number of carbonyl (C=O) groups is 2. The van der Waals surface area contributed by atoms with Crippen molar-refractivity contribution in [3.05, 3.63) is 123 Å². The minimum atomic E-state index is -4.49. The van der Waals surface area contributed by atoms with E-state index in [0.29, 0.717) is 27.5 Å². The number of nitrogens with zero attached hydrogens (tertiary/aromatic N) is 3. The summed E-state index contributed by atoms with van der Waals surface area (Å²) < 4.78 is 80.1. The fraction of sp³-hybridized carbons (Fsp3) is 0.167. The number of pyridine rings is 1. The topological polar surface area (TPSA) is 113 Å². The lowest BCUT2D eigenvalue weighted by atomic mass is 10.1. The number of ether oxygens (including phenoxy) is 1. The molecule has 0 atom stereocenters. The van der Waals surface area contributed by atoms with Crippen LogP contribution in [-0.4, -0.2) is 36.6 Å². The third-order valence-corrected chi connectivity index (χ3v) is 8.11. The molecule has 0 bridgehead atoms. The standard InChI is InChI=1S/C28H23Cl2F3N4O3.C8H4F3NO/c1-16-6-7-17-4-3-5-23(26(17)35-16)40-15-20-21(29)12-13-22(25(20)30)37(2)24(38)14-34-27(39)36-19-10-8-18(9-11-19)28(31,32)33;9-8(10,11)6-1-3-7(4-2-6)12-5-13/h3-13H,14-15H2,1-2H3,(H2,34,36,39);1-4H. The lowest BCUT2D eigenvalue weighted by molar-refractivity contribution is -0.138. The molecule has 0 aliphatic heterocycles. The maximum Gasteiger partial charge on any atom is 0.416 e. The van der Waals surface area contributed by atoms with Crippen molar-refractivity contribution >= 4 is 69.2 Å². The van der Waals surface area contributed by atoms with Crippen LogP contribution in [0.1, 0.15) is 22.4 Å². The Balaban J connectivity index is 0.000000407. The van der Waals surface area contributed by atoms with Gasteiger partial charge in [0, 0.05) is 34.4 Å². The van der Waals surface area contributed by atoms with E-state index in [0.717, 1.165) is 59.6 Å². The van der Waals surface area contributed by atoms with Crippen molar-refractivity contribution in [2.24, 2.45) is 4.99 Å². The molecule has 0 aliphatic carbocycles. The normalized spacial score (nSPS) is 11.1. The van der Waals surface area contributed by atoms with E-state index >= 15 is 0 Å². The number of benzene rings is 4. The van der Waals surface area contributed by atoms with E-state index in [1.54, 1.807) is 18.2 Å². The minimum absolute atomic E-state index is 0.00998. The number of aryl methyl sites for hydroxylation is 1. The molecule has 0 aliphatic rings. The lowest BCUT2D eigenvalue weighted by Crippen LogP contribution is -2.40. The summed E-state index contributed by atoms with van der Waals surface area (Å²) in [6.07, 6.45) is -7.61. The maximum absolute atomic E-state index is 12.8. The number of anilines is 2. The number of para-hydroxylation sites is 1. The van der Waals surface area contributed by atoms with Gasteiger partial charge in [-0.25, -0.2) is 14.6 Å². The highest BCUT2D eigenvalue weighted by Crippen LogP contribution is 2.36. The van der Waals surface area contributed by atoms with E-state index in [-0.39, 0.29) is 23.0 Å². The molecule has 5 rings (SSSR count). The smallest absolute Gasteiger partial charge is 0.416 e. The summed E-state index contributed by atoms with van der Waals surface area (Å²) in [6, 6.07) is 19.6. The zero-order valence-corrected chi connectivity index (χ0v) is 29.1. The molecule has 0 saturated heterocycles. The minimum Gasteiger partial charge on any atom is -0.487 e. The van der Waals surface area contributed by atoms with Gasteiger partial charge in [0.05, 0.1) is 34.1 Å². The van der Waals surface area contributed by atoms with Gasteiger partial charge in [-0.05, 0) is 79.7 Å². The van der Waals surface area contributed by atoms with Gasteiger partial charge in [-0.2, -0.15) is 31.3 Å². The van der Waals surface area contributed by atoms with Crippen molar-refractivity contribution in [1.29, 1.82) is 0 Å². The number of rotatable bonds is 8. The molecule has 5 aromatic rings. The maximum atomic E-state index is 12.8. The van der Waals surface area contributed by atoms with Crippen molar-refractivity contribution in [2.75, 3.05) is 23.8 Å². The van der Waals surface area contributed by atoms with Crippen LogP contribution in [0.15, 0.2) is 96.0 Å². The van der Waals surface area contributed by atoms with E-state index in [1.807, 2.05) is 31.2 Å². The van der Waals surface area contributed by atoms with Gasteiger partial charge >= 0.3 is 18.4 Å². The Kier molecular flexibility index (Phi) is 13.1. The molecule has 17 heteroatoms. The molecule has 276 valence electrons. The number of hydrogen-bond donors (Lipinski definition) is 2. The molecule has 53 heavy (non-hydrogen) atoms. The van der Waals surface area contributed by atoms with Gasteiger partial charge in [-0.1, -0.05) is 41.4 Å². The number of amides is 3. The third kappa shape index (κ3) is 10.9. The Bertz CT molecular complexity index is 2140. The van der Waals surface area contributed by atoms with Gasteiger partial charge < -0.3 is 20.3 Å². The van der Waals surface area contributed by atoms with E-state index in [2.05, 4.69) is 20.6 Å². The highest BCUT2D eigenvalue weighted by molar-refractivity contribution is 6.38. The molecular formula is C36H27Cl2F6N5O4. The molecule has 0 unspecified atom stereocenters. The summed E-state index contributed by atoms with van der Waals surface area (Å²) in [5.74, 6) is 0.0406. The largest absolute Gasteiger partial charge is 0.487 e. The molecule has 2 N–H and O–H groups in total. The van der Waals surface area contributed by atoms with Crippen LogP contribution >= 0.6 is 23.2 Å². The van der Waals surface area contributed by atoms with Crippen LogP contribution in [0.2, 0.25) is 10.0 Å². The Hall–Kier alpha value is -5.63. The van der Waals surface area contributed by atoms with E-state index in [1.165, 1.54) is 18.0 Å². The van der Waals surface area contributed by atoms with Gasteiger partial charge in [0.1, 0.15) is 17.9 Å². The summed E-state index contributed by atoms with van der Waals surface area (Å²) in [7, 11) is 1.48. The van der Waals surface area contributed by atoms with Gasteiger partial charge in [-0.15, -0.1) is 0 Å². The molecule has 3 amide bonds. The first-order valence-corrected chi connectivity index (χ1v) is 15.9. The number of fused-ring (bicyclic) bond motifs is 1. The average Bonchev–Trinajstić information content (AvgIpc) is 3.10. The van der Waals surface area contributed by atoms with E-state index in [4.69, 9.17) is 27.9 Å². The van der Waals surface area contributed by atoms with E-state index in [9.17, 15) is 40.7 Å². The number of aromatic nitrogens is 1. The summed E-state index contributed by atoms with van der Waals surface area (Å²) in [4.78, 5) is 43.7. The van der Waals surface area contributed by atoms with Crippen molar-refractivity contribution in [3.63, 3.8) is 0 Å². The van der Waals surface area contributed by atoms with Crippen molar-refractivity contribution in [3.8, 4) is 5.75 Å². The van der Waals surface area contributed by atoms with Gasteiger partial charge in [0.2, 0.25) is 12.0 Å². The predicted octanol–water partition coefficient (Wildman–Crippen LogP) is 9.91. The quantitative estimate of drug-likeness (QED) is 0.0926. The Morgan fingerprint density at radius 3 is 2.09 bits per heavy atom. The molecule has 0 spiro atoms. The van der Waals surface area contributed by atoms with Crippen LogP contribution in [-0.2, 0) is 28.5 Å². The molecule has 0 fully saturated rings. The second kappa shape index (κ2) is 17.3. The highest BCUT2D eigenvalue weighted by atomic mass is 35.5. The summed E-state index contributed by atoms with van der Waals surface area (Å²) in [5, 5.41) is 6.20. The molecule has 1 aromatic heterocycles. The molecule has 1 heterocycles. The number of halogens is 8. The van der Waals surface area contributed by atoms with Gasteiger partial charge in [0.25, 0.3) is 0 Å². The van der Waals surface area contributed by atoms with Gasteiger partial charge in [0.15, 0.2) is 0 Å². The fourth-order valence-electron chi connectivity index (χ4n) is 4.56. The third-order valence-electron chi connectivity index (χ3n) is 7.34. The number of aliphatic imine (C=N–C) groups is 1. The molecule has 0 radical (unpaired) electrons. The molecule has 9 nitrogen and oxygen atoms in total.